The molecule has 27 heavy (non-hydrogen) atoms. The summed E-state index contributed by atoms with van der Waals surface area (Å²) in [5, 5.41) is 6.74. The monoisotopic (exact) mass is 398 g/mol. The highest BCUT2D eigenvalue weighted by Gasteiger charge is 2.09. The number of rotatable bonds is 5. The minimum atomic E-state index is -0.286. The maximum Gasteiger partial charge on any atom is 0.255 e. The van der Waals surface area contributed by atoms with Crippen LogP contribution < -0.4 is 10.6 Å². The Hall–Kier alpha value is -2.82. The molecule has 0 atom stereocenters. The molecule has 0 saturated heterocycles. The number of hydrogen-bond acceptors (Lipinski definition) is 2. The molecule has 0 aliphatic heterocycles. The molecule has 6 heteroatoms. The van der Waals surface area contributed by atoms with Crippen molar-refractivity contribution in [1.29, 1.82) is 0 Å². The van der Waals surface area contributed by atoms with Crippen molar-refractivity contribution in [2.24, 2.45) is 0 Å². The number of carbonyl (C=O) groups excluding carboxylic acids is 2. The molecule has 0 heterocycles. The lowest BCUT2D eigenvalue weighted by Crippen LogP contribution is -2.16. The molecule has 0 unspecified atom stereocenters. The fourth-order valence-corrected chi connectivity index (χ4v) is 2.82. The van der Waals surface area contributed by atoms with E-state index < -0.39 is 0 Å². The zero-order valence-corrected chi connectivity index (χ0v) is 15.7. The first kappa shape index (κ1) is 19.0. The molecule has 4 nitrogen and oxygen atoms in total. The van der Waals surface area contributed by atoms with Gasteiger partial charge in [0.25, 0.3) is 5.91 Å². The van der Waals surface area contributed by atoms with Crippen LogP contribution in [0.15, 0.2) is 72.8 Å². The van der Waals surface area contributed by atoms with Crippen molar-refractivity contribution in [2.75, 3.05) is 10.6 Å². The lowest BCUT2D eigenvalue weighted by molar-refractivity contribution is -0.115. The number of amides is 2. The zero-order chi connectivity index (χ0) is 19.2. The van der Waals surface area contributed by atoms with Gasteiger partial charge in [-0.15, -0.1) is 0 Å². The summed E-state index contributed by atoms with van der Waals surface area (Å²) in [4.78, 5) is 24.6. The van der Waals surface area contributed by atoms with Crippen LogP contribution in [0.25, 0.3) is 0 Å². The van der Waals surface area contributed by atoms with E-state index in [4.69, 9.17) is 23.2 Å². The van der Waals surface area contributed by atoms with Gasteiger partial charge in [-0.2, -0.15) is 0 Å². The Labute approximate surface area is 167 Å². The lowest BCUT2D eigenvalue weighted by atomic mass is 10.1. The van der Waals surface area contributed by atoms with Gasteiger partial charge in [-0.3, -0.25) is 9.59 Å². The number of anilines is 2. The summed E-state index contributed by atoms with van der Waals surface area (Å²) in [7, 11) is 0. The third kappa shape index (κ3) is 5.58. The van der Waals surface area contributed by atoms with Gasteiger partial charge in [0.05, 0.1) is 6.42 Å². The number of nitrogens with one attached hydrogen (secondary N) is 2. The Kier molecular flexibility index (Phi) is 6.12. The maximum absolute atomic E-state index is 12.4. The first-order chi connectivity index (χ1) is 13.0. The Morgan fingerprint density at radius 2 is 1.41 bits per heavy atom. The number of carbonyl (C=O) groups is 2. The SMILES string of the molecule is O=C(Cc1ccc(Cl)cc1)Nc1cccc(C(=O)Nc2cccc(Cl)c2)c1. The number of halogens is 2. The largest absolute Gasteiger partial charge is 0.326 e. The van der Waals surface area contributed by atoms with E-state index in [-0.39, 0.29) is 18.2 Å². The Morgan fingerprint density at radius 3 is 2.11 bits per heavy atom. The molecule has 0 aliphatic rings. The maximum atomic E-state index is 12.4. The minimum absolute atomic E-state index is 0.176. The fourth-order valence-electron chi connectivity index (χ4n) is 2.50. The van der Waals surface area contributed by atoms with Crippen LogP contribution in [-0.4, -0.2) is 11.8 Å². The molecule has 0 spiro atoms. The second kappa shape index (κ2) is 8.71. The third-order valence-electron chi connectivity index (χ3n) is 3.77. The van der Waals surface area contributed by atoms with Gasteiger partial charge in [0, 0.05) is 27.0 Å². The molecule has 136 valence electrons. The fraction of sp³-hybridized carbons (Fsp3) is 0.0476. The molecule has 0 aromatic heterocycles. The van der Waals surface area contributed by atoms with Gasteiger partial charge >= 0.3 is 0 Å². The molecule has 3 rings (SSSR count). The molecule has 2 N–H and O–H groups in total. The van der Waals surface area contributed by atoms with Crippen molar-refractivity contribution in [3.8, 4) is 0 Å². The van der Waals surface area contributed by atoms with E-state index in [0.29, 0.717) is 27.0 Å². The summed E-state index contributed by atoms with van der Waals surface area (Å²) in [6.45, 7) is 0. The van der Waals surface area contributed by atoms with Crippen LogP contribution >= 0.6 is 23.2 Å². The molecule has 3 aromatic rings. The van der Waals surface area contributed by atoms with E-state index in [1.165, 1.54) is 0 Å². The molecule has 3 aromatic carbocycles. The quantitative estimate of drug-likeness (QED) is 0.601. The van der Waals surface area contributed by atoms with E-state index in [1.54, 1.807) is 72.8 Å². The average Bonchev–Trinajstić information content (AvgIpc) is 2.64. The standard InChI is InChI=1S/C21H16Cl2N2O2/c22-16-9-7-14(8-10-16)11-20(26)24-18-5-1-3-15(12-18)21(27)25-19-6-2-4-17(23)13-19/h1-10,12-13H,11H2,(H,24,26)(H,25,27). The molecule has 0 radical (unpaired) electrons. The first-order valence-electron chi connectivity index (χ1n) is 8.21. The van der Waals surface area contributed by atoms with E-state index in [9.17, 15) is 9.59 Å². The summed E-state index contributed by atoms with van der Waals surface area (Å²) < 4.78 is 0. The topological polar surface area (TPSA) is 58.2 Å². The van der Waals surface area contributed by atoms with Gasteiger partial charge < -0.3 is 10.6 Å². The van der Waals surface area contributed by atoms with Crippen molar-refractivity contribution in [1.82, 2.24) is 0 Å². The van der Waals surface area contributed by atoms with E-state index in [0.717, 1.165) is 5.56 Å². The normalized spacial score (nSPS) is 10.3. The highest BCUT2D eigenvalue weighted by atomic mass is 35.5. The summed E-state index contributed by atoms with van der Waals surface area (Å²) in [5.74, 6) is -0.462. The van der Waals surface area contributed by atoms with Crippen molar-refractivity contribution in [2.45, 2.75) is 6.42 Å². The number of benzene rings is 3. The lowest BCUT2D eigenvalue weighted by Gasteiger charge is -2.09. The van der Waals surface area contributed by atoms with Gasteiger partial charge in [-0.25, -0.2) is 0 Å². The molecule has 0 fully saturated rings. The molecule has 0 bridgehead atoms. The van der Waals surface area contributed by atoms with Gasteiger partial charge in [0.15, 0.2) is 0 Å². The van der Waals surface area contributed by atoms with Crippen LogP contribution in [0.4, 0.5) is 11.4 Å². The van der Waals surface area contributed by atoms with Crippen molar-refractivity contribution in [3.63, 3.8) is 0 Å². The minimum Gasteiger partial charge on any atom is -0.326 e. The van der Waals surface area contributed by atoms with Crippen molar-refractivity contribution >= 4 is 46.4 Å². The second-order valence-electron chi connectivity index (χ2n) is 5.90. The van der Waals surface area contributed by atoms with Gasteiger partial charge in [-0.05, 0) is 54.1 Å². The van der Waals surface area contributed by atoms with Crippen LogP contribution in [0.5, 0.6) is 0 Å². The van der Waals surface area contributed by atoms with Crippen LogP contribution in [0, 0.1) is 0 Å². The predicted molar refractivity (Wildman–Crippen MR) is 110 cm³/mol. The Morgan fingerprint density at radius 1 is 0.741 bits per heavy atom. The van der Waals surface area contributed by atoms with Crippen LogP contribution in [0.2, 0.25) is 10.0 Å². The van der Waals surface area contributed by atoms with E-state index in [1.807, 2.05) is 0 Å². The highest BCUT2D eigenvalue weighted by Crippen LogP contribution is 2.17. The van der Waals surface area contributed by atoms with Crippen LogP contribution in [0.3, 0.4) is 0 Å². The van der Waals surface area contributed by atoms with Crippen LogP contribution in [0.1, 0.15) is 15.9 Å². The Bertz CT molecular complexity index is 972. The van der Waals surface area contributed by atoms with E-state index >= 15 is 0 Å². The summed E-state index contributed by atoms with van der Waals surface area (Å²) in [6, 6.07) is 20.7. The Balaban J connectivity index is 1.65. The summed E-state index contributed by atoms with van der Waals surface area (Å²) in [6.07, 6.45) is 0.218. The smallest absolute Gasteiger partial charge is 0.255 e. The zero-order valence-electron chi connectivity index (χ0n) is 14.2. The molecule has 0 saturated carbocycles. The summed E-state index contributed by atoms with van der Waals surface area (Å²) >= 11 is 11.8. The predicted octanol–water partition coefficient (Wildman–Crippen LogP) is 5.43. The summed E-state index contributed by atoms with van der Waals surface area (Å²) in [5.41, 5.74) is 2.43. The van der Waals surface area contributed by atoms with Gasteiger partial charge in [0.2, 0.25) is 5.91 Å². The second-order valence-corrected chi connectivity index (χ2v) is 6.77. The highest BCUT2D eigenvalue weighted by molar-refractivity contribution is 6.31. The molecule has 0 aliphatic carbocycles. The van der Waals surface area contributed by atoms with Gasteiger partial charge in [0.1, 0.15) is 0 Å². The van der Waals surface area contributed by atoms with Crippen LogP contribution in [-0.2, 0) is 11.2 Å². The van der Waals surface area contributed by atoms with Gasteiger partial charge in [-0.1, -0.05) is 47.5 Å². The number of hydrogen-bond donors (Lipinski definition) is 2. The first-order valence-corrected chi connectivity index (χ1v) is 8.96. The molecule has 2 amide bonds. The molecular formula is C21H16Cl2N2O2. The van der Waals surface area contributed by atoms with E-state index in [2.05, 4.69) is 10.6 Å². The third-order valence-corrected chi connectivity index (χ3v) is 4.26. The van der Waals surface area contributed by atoms with Crippen molar-refractivity contribution < 1.29 is 9.59 Å². The average molecular weight is 399 g/mol. The van der Waals surface area contributed by atoms with Crippen molar-refractivity contribution in [3.05, 3.63) is 94.0 Å². The molecular weight excluding hydrogens is 383 g/mol.